The van der Waals surface area contributed by atoms with Gasteiger partial charge in [-0.1, -0.05) is 6.07 Å². The number of nitrogens with one attached hydrogen (secondary N) is 1. The monoisotopic (exact) mass is 277 g/mol. The average molecular weight is 277 g/mol. The minimum atomic E-state index is -0.428. The lowest BCUT2D eigenvalue weighted by Gasteiger charge is -2.13. The highest BCUT2D eigenvalue weighted by atomic mass is 16.5. The van der Waals surface area contributed by atoms with Crippen LogP contribution in [-0.2, 0) is 9.53 Å². The maximum absolute atomic E-state index is 11.7. The predicted molar refractivity (Wildman–Crippen MR) is 73.6 cm³/mol. The van der Waals surface area contributed by atoms with Crippen molar-refractivity contribution in [2.45, 2.75) is 25.8 Å². The van der Waals surface area contributed by atoms with E-state index in [1.54, 1.807) is 24.3 Å². The van der Waals surface area contributed by atoms with E-state index in [9.17, 15) is 9.59 Å². The van der Waals surface area contributed by atoms with E-state index < -0.39 is 5.97 Å². The van der Waals surface area contributed by atoms with E-state index in [4.69, 9.17) is 4.74 Å². The van der Waals surface area contributed by atoms with Gasteiger partial charge in [0.05, 0.1) is 12.7 Å². The maximum atomic E-state index is 11.7. The summed E-state index contributed by atoms with van der Waals surface area (Å²) in [5.74, 6) is 0.513. The Balaban J connectivity index is 1.83. The second kappa shape index (κ2) is 6.41. The summed E-state index contributed by atoms with van der Waals surface area (Å²) >= 11 is 0. The lowest BCUT2D eigenvalue weighted by atomic mass is 10.2. The summed E-state index contributed by atoms with van der Waals surface area (Å²) in [6.07, 6.45) is 2.37. The highest BCUT2D eigenvalue weighted by Gasteiger charge is 2.28. The highest BCUT2D eigenvalue weighted by molar-refractivity contribution is 5.89. The van der Waals surface area contributed by atoms with Gasteiger partial charge in [0.2, 0.25) is 0 Å². The van der Waals surface area contributed by atoms with Crippen LogP contribution in [0.25, 0.3) is 0 Å². The fraction of sp³-hybridized carbons (Fsp3) is 0.467. The molecule has 1 aromatic rings. The molecule has 1 atom stereocenters. The number of methoxy groups -OCH3 is 1. The number of hydrogen-bond acceptors (Lipinski definition) is 4. The van der Waals surface area contributed by atoms with E-state index in [-0.39, 0.29) is 18.6 Å². The number of carbonyl (C=O) groups excluding carboxylic acids is 2. The summed E-state index contributed by atoms with van der Waals surface area (Å²) in [6.45, 7) is 1.95. The summed E-state index contributed by atoms with van der Waals surface area (Å²) in [6, 6.07) is 6.78. The zero-order valence-corrected chi connectivity index (χ0v) is 11.7. The van der Waals surface area contributed by atoms with Crippen LogP contribution < -0.4 is 10.1 Å². The molecule has 0 radical (unpaired) electrons. The molecule has 2 rings (SSSR count). The minimum absolute atomic E-state index is 0.0539. The van der Waals surface area contributed by atoms with Crippen molar-refractivity contribution in [2.24, 2.45) is 5.92 Å². The largest absolute Gasteiger partial charge is 0.484 e. The Morgan fingerprint density at radius 1 is 1.40 bits per heavy atom. The fourth-order valence-corrected chi connectivity index (χ4v) is 1.99. The SMILES string of the molecule is COC(=O)c1cccc(OCC(=O)N[C@@H](C)C2CC2)c1. The molecular formula is C15H19NO4. The van der Waals surface area contributed by atoms with E-state index in [1.165, 1.54) is 20.0 Å². The first-order valence-electron chi connectivity index (χ1n) is 6.70. The molecule has 0 saturated heterocycles. The summed E-state index contributed by atoms with van der Waals surface area (Å²) in [5, 5.41) is 2.91. The van der Waals surface area contributed by atoms with Gasteiger partial charge < -0.3 is 14.8 Å². The molecule has 1 aromatic carbocycles. The van der Waals surface area contributed by atoms with Crippen LogP contribution in [0, 0.1) is 5.92 Å². The molecule has 0 bridgehead atoms. The van der Waals surface area contributed by atoms with Crippen LogP contribution in [0.3, 0.4) is 0 Å². The van der Waals surface area contributed by atoms with Crippen molar-refractivity contribution < 1.29 is 19.1 Å². The van der Waals surface area contributed by atoms with Crippen LogP contribution in [0.2, 0.25) is 0 Å². The standard InChI is InChI=1S/C15H19NO4/c1-10(11-6-7-11)16-14(17)9-20-13-5-3-4-12(8-13)15(18)19-2/h3-5,8,10-11H,6-7,9H2,1-2H3,(H,16,17)/t10-/m0/s1. The van der Waals surface area contributed by atoms with Crippen LogP contribution in [-0.4, -0.2) is 31.6 Å². The fourth-order valence-electron chi connectivity index (χ4n) is 1.99. The van der Waals surface area contributed by atoms with Crippen molar-refractivity contribution in [3.8, 4) is 5.75 Å². The van der Waals surface area contributed by atoms with Gasteiger partial charge in [0.15, 0.2) is 6.61 Å². The second-order valence-corrected chi connectivity index (χ2v) is 5.00. The third-order valence-electron chi connectivity index (χ3n) is 3.34. The Kier molecular flexibility index (Phi) is 4.61. The van der Waals surface area contributed by atoms with E-state index in [0.717, 1.165) is 0 Å². The Hall–Kier alpha value is -2.04. The number of hydrogen-bond donors (Lipinski definition) is 1. The molecule has 0 spiro atoms. The minimum Gasteiger partial charge on any atom is -0.484 e. The summed E-state index contributed by atoms with van der Waals surface area (Å²) in [7, 11) is 1.32. The van der Waals surface area contributed by atoms with Gasteiger partial charge in [0.25, 0.3) is 5.91 Å². The van der Waals surface area contributed by atoms with E-state index in [2.05, 4.69) is 10.1 Å². The zero-order chi connectivity index (χ0) is 14.5. The molecule has 1 amide bonds. The van der Waals surface area contributed by atoms with E-state index in [1.807, 2.05) is 6.92 Å². The third kappa shape index (κ3) is 3.98. The maximum Gasteiger partial charge on any atom is 0.337 e. The average Bonchev–Trinajstić information content (AvgIpc) is 3.29. The molecule has 0 unspecified atom stereocenters. The molecule has 108 valence electrons. The molecule has 1 N–H and O–H groups in total. The van der Waals surface area contributed by atoms with Gasteiger partial charge in [0, 0.05) is 6.04 Å². The summed E-state index contributed by atoms with van der Waals surface area (Å²) in [4.78, 5) is 23.1. The molecule has 1 fully saturated rings. The summed E-state index contributed by atoms with van der Waals surface area (Å²) in [5.41, 5.74) is 0.400. The number of rotatable bonds is 6. The number of ether oxygens (including phenoxy) is 2. The topological polar surface area (TPSA) is 64.6 Å². The molecule has 1 aliphatic carbocycles. The van der Waals surface area contributed by atoms with Crippen molar-refractivity contribution in [2.75, 3.05) is 13.7 Å². The lowest BCUT2D eigenvalue weighted by Crippen LogP contribution is -2.37. The van der Waals surface area contributed by atoms with Gasteiger partial charge in [-0.3, -0.25) is 4.79 Å². The van der Waals surface area contributed by atoms with E-state index in [0.29, 0.717) is 17.2 Å². The van der Waals surface area contributed by atoms with Gasteiger partial charge in [-0.25, -0.2) is 4.79 Å². The van der Waals surface area contributed by atoms with Crippen molar-refractivity contribution in [3.63, 3.8) is 0 Å². The van der Waals surface area contributed by atoms with Crippen molar-refractivity contribution in [3.05, 3.63) is 29.8 Å². The number of esters is 1. The molecule has 0 aliphatic heterocycles. The van der Waals surface area contributed by atoms with Crippen molar-refractivity contribution in [1.29, 1.82) is 0 Å². The highest BCUT2D eigenvalue weighted by Crippen LogP contribution is 2.32. The van der Waals surface area contributed by atoms with Gasteiger partial charge in [-0.05, 0) is 43.9 Å². The molecule has 0 aromatic heterocycles. The number of benzene rings is 1. The first-order chi connectivity index (χ1) is 9.60. The van der Waals surface area contributed by atoms with Gasteiger partial charge >= 0.3 is 5.97 Å². The van der Waals surface area contributed by atoms with Crippen LogP contribution >= 0.6 is 0 Å². The molecule has 5 nitrogen and oxygen atoms in total. The zero-order valence-electron chi connectivity index (χ0n) is 11.7. The van der Waals surface area contributed by atoms with Crippen molar-refractivity contribution >= 4 is 11.9 Å². The van der Waals surface area contributed by atoms with Gasteiger partial charge in [-0.15, -0.1) is 0 Å². The first kappa shape index (κ1) is 14.4. The van der Waals surface area contributed by atoms with Crippen LogP contribution in [0.5, 0.6) is 5.75 Å². The molecule has 5 heteroatoms. The van der Waals surface area contributed by atoms with Crippen molar-refractivity contribution in [1.82, 2.24) is 5.32 Å². The predicted octanol–water partition coefficient (Wildman–Crippen LogP) is 1.77. The van der Waals surface area contributed by atoms with Crippen LogP contribution in [0.4, 0.5) is 0 Å². The number of carbonyl (C=O) groups is 2. The molecular weight excluding hydrogens is 258 g/mol. The van der Waals surface area contributed by atoms with Gasteiger partial charge in [-0.2, -0.15) is 0 Å². The molecule has 1 saturated carbocycles. The third-order valence-corrected chi connectivity index (χ3v) is 3.34. The van der Waals surface area contributed by atoms with Gasteiger partial charge in [0.1, 0.15) is 5.75 Å². The first-order valence-corrected chi connectivity index (χ1v) is 6.70. The smallest absolute Gasteiger partial charge is 0.337 e. The Morgan fingerprint density at radius 3 is 2.80 bits per heavy atom. The van der Waals surface area contributed by atoms with E-state index >= 15 is 0 Å². The Morgan fingerprint density at radius 2 is 2.15 bits per heavy atom. The van der Waals surface area contributed by atoms with Crippen LogP contribution in [0.15, 0.2) is 24.3 Å². The number of amides is 1. The van der Waals surface area contributed by atoms with Crippen LogP contribution in [0.1, 0.15) is 30.1 Å². The Bertz CT molecular complexity index is 496. The second-order valence-electron chi connectivity index (χ2n) is 5.00. The normalized spacial score (nSPS) is 15.3. The summed E-state index contributed by atoms with van der Waals surface area (Å²) < 4.78 is 10.0. The molecule has 1 aliphatic rings. The lowest BCUT2D eigenvalue weighted by molar-refractivity contribution is -0.123. The Labute approximate surface area is 118 Å². The quantitative estimate of drug-likeness (QED) is 0.805. The molecule has 0 heterocycles. The molecule has 20 heavy (non-hydrogen) atoms.